The lowest BCUT2D eigenvalue weighted by molar-refractivity contribution is 0.0595. The second kappa shape index (κ2) is 7.70. The normalized spacial score (nSPS) is 10.4. The van der Waals surface area contributed by atoms with E-state index in [-0.39, 0.29) is 12.4 Å². The average Bonchev–Trinajstić information content (AvgIpc) is 3.15. The van der Waals surface area contributed by atoms with E-state index >= 15 is 0 Å². The molecule has 1 aromatic heterocycles. The van der Waals surface area contributed by atoms with E-state index in [9.17, 15) is 9.59 Å². The van der Waals surface area contributed by atoms with Crippen molar-refractivity contribution in [3.05, 3.63) is 77.0 Å². The Balaban J connectivity index is 2.07. The summed E-state index contributed by atoms with van der Waals surface area (Å²) in [6.45, 7) is 2.14. The minimum Gasteiger partial charge on any atom is -0.487 e. The van der Waals surface area contributed by atoms with E-state index in [1.807, 2.05) is 43.3 Å². The van der Waals surface area contributed by atoms with Gasteiger partial charge in [-0.2, -0.15) is 0 Å². The monoisotopic (exact) mass is 350 g/mol. The molecule has 0 amide bonds. The summed E-state index contributed by atoms with van der Waals surface area (Å²) in [7, 11) is 1.32. The van der Waals surface area contributed by atoms with Gasteiger partial charge in [0, 0.05) is 0 Å². The fraction of sp³-hybridized carbons (Fsp3) is 0.143. The molecule has 0 aliphatic heterocycles. The molecule has 0 unspecified atom stereocenters. The first kappa shape index (κ1) is 17.5. The third-order valence-electron chi connectivity index (χ3n) is 3.87. The maximum atomic E-state index is 12.3. The quantitative estimate of drug-likeness (QED) is 0.486. The van der Waals surface area contributed by atoms with Crippen LogP contribution in [0.5, 0.6) is 5.75 Å². The summed E-state index contributed by atoms with van der Waals surface area (Å²) in [5.41, 5.74) is 2.70. The minimum absolute atomic E-state index is 0.204. The van der Waals surface area contributed by atoms with Crippen LogP contribution in [0, 0.1) is 6.92 Å². The van der Waals surface area contributed by atoms with Gasteiger partial charge in [-0.1, -0.05) is 30.3 Å². The molecular weight excluding hydrogens is 332 g/mol. The van der Waals surface area contributed by atoms with Crippen LogP contribution < -0.4 is 4.74 Å². The smallest absolute Gasteiger partial charge is 0.341 e. The van der Waals surface area contributed by atoms with E-state index < -0.39 is 5.97 Å². The van der Waals surface area contributed by atoms with Gasteiger partial charge in [0.05, 0.1) is 12.7 Å². The number of furan rings is 1. The van der Waals surface area contributed by atoms with Gasteiger partial charge >= 0.3 is 5.97 Å². The van der Waals surface area contributed by atoms with Crippen molar-refractivity contribution in [3.63, 3.8) is 0 Å². The van der Waals surface area contributed by atoms with Crippen molar-refractivity contribution in [2.75, 3.05) is 7.11 Å². The average molecular weight is 350 g/mol. The number of hydrogen-bond donors (Lipinski definition) is 0. The summed E-state index contributed by atoms with van der Waals surface area (Å²) in [4.78, 5) is 23.2. The van der Waals surface area contributed by atoms with Crippen molar-refractivity contribution in [2.45, 2.75) is 13.5 Å². The Hall–Kier alpha value is -3.34. The molecule has 3 rings (SSSR count). The van der Waals surface area contributed by atoms with Crippen molar-refractivity contribution < 1.29 is 23.5 Å². The Labute approximate surface area is 151 Å². The number of rotatable bonds is 6. The number of aldehydes is 1. The second-order valence-electron chi connectivity index (χ2n) is 5.77. The van der Waals surface area contributed by atoms with Crippen molar-refractivity contribution in [2.24, 2.45) is 0 Å². The topological polar surface area (TPSA) is 65.7 Å². The first-order valence-corrected chi connectivity index (χ1v) is 8.07. The highest BCUT2D eigenvalue weighted by Crippen LogP contribution is 2.36. The molecule has 0 fully saturated rings. The first-order valence-electron chi connectivity index (χ1n) is 8.07. The number of carbonyl (C=O) groups excluding carboxylic acids is 2. The highest BCUT2D eigenvalue weighted by molar-refractivity contribution is 5.95. The van der Waals surface area contributed by atoms with E-state index in [0.29, 0.717) is 28.9 Å². The number of esters is 1. The van der Waals surface area contributed by atoms with Crippen LogP contribution in [0.25, 0.3) is 11.3 Å². The Morgan fingerprint density at radius 2 is 1.88 bits per heavy atom. The van der Waals surface area contributed by atoms with E-state index in [1.165, 1.54) is 7.11 Å². The van der Waals surface area contributed by atoms with E-state index in [4.69, 9.17) is 13.9 Å². The van der Waals surface area contributed by atoms with Gasteiger partial charge < -0.3 is 13.9 Å². The second-order valence-corrected chi connectivity index (χ2v) is 5.77. The molecule has 0 aliphatic rings. The van der Waals surface area contributed by atoms with Crippen LogP contribution in [0.2, 0.25) is 0 Å². The molecule has 132 valence electrons. The zero-order chi connectivity index (χ0) is 18.5. The predicted octanol–water partition coefficient (Wildman–Crippen LogP) is 4.43. The lowest BCUT2D eigenvalue weighted by Crippen LogP contribution is -2.08. The molecule has 26 heavy (non-hydrogen) atoms. The number of ether oxygens (including phenoxy) is 2. The standard InChI is InChI=1S/C21H18O5/c1-14-10-17(19-9-8-16(12-22)26-19)20(18(11-14)21(23)24-2)25-13-15-6-4-3-5-7-15/h3-12H,13H2,1-2H3. The van der Waals surface area contributed by atoms with Crippen LogP contribution in [0.4, 0.5) is 0 Å². The Morgan fingerprint density at radius 1 is 1.12 bits per heavy atom. The Kier molecular flexibility index (Phi) is 5.17. The summed E-state index contributed by atoms with van der Waals surface area (Å²) >= 11 is 0. The molecule has 0 spiro atoms. The minimum atomic E-state index is -0.500. The van der Waals surface area contributed by atoms with Gasteiger partial charge in [0.25, 0.3) is 0 Å². The van der Waals surface area contributed by atoms with Gasteiger partial charge in [0.1, 0.15) is 23.7 Å². The summed E-state index contributed by atoms with van der Waals surface area (Å²) in [5, 5.41) is 0. The summed E-state index contributed by atoms with van der Waals surface area (Å²) in [6, 6.07) is 16.4. The van der Waals surface area contributed by atoms with Gasteiger partial charge in [-0.25, -0.2) is 4.79 Å². The molecule has 0 N–H and O–H groups in total. The molecule has 0 radical (unpaired) electrons. The fourth-order valence-corrected chi connectivity index (χ4v) is 2.66. The highest BCUT2D eigenvalue weighted by Gasteiger charge is 2.21. The molecule has 5 nitrogen and oxygen atoms in total. The van der Waals surface area contributed by atoms with Crippen molar-refractivity contribution in [1.29, 1.82) is 0 Å². The highest BCUT2D eigenvalue weighted by atomic mass is 16.5. The molecule has 3 aromatic rings. The molecule has 5 heteroatoms. The van der Waals surface area contributed by atoms with Gasteiger partial charge in [-0.05, 0) is 42.3 Å². The van der Waals surface area contributed by atoms with E-state index in [2.05, 4.69) is 0 Å². The van der Waals surface area contributed by atoms with Crippen LogP contribution >= 0.6 is 0 Å². The van der Waals surface area contributed by atoms with Crippen LogP contribution in [0.15, 0.2) is 59.0 Å². The van der Waals surface area contributed by atoms with Crippen LogP contribution in [-0.4, -0.2) is 19.4 Å². The van der Waals surface area contributed by atoms with Gasteiger partial charge in [-0.15, -0.1) is 0 Å². The lowest BCUT2D eigenvalue weighted by atomic mass is 10.0. The number of aryl methyl sites for hydroxylation is 1. The van der Waals surface area contributed by atoms with Gasteiger partial charge in [-0.3, -0.25) is 4.79 Å². The zero-order valence-electron chi connectivity index (χ0n) is 14.5. The van der Waals surface area contributed by atoms with Crippen LogP contribution in [-0.2, 0) is 11.3 Å². The number of carbonyl (C=O) groups is 2. The molecular formula is C21H18O5. The van der Waals surface area contributed by atoms with Gasteiger partial charge in [0.2, 0.25) is 0 Å². The molecule has 0 bridgehead atoms. The summed E-state index contributed by atoms with van der Waals surface area (Å²) in [5.74, 6) is 0.512. The third-order valence-corrected chi connectivity index (χ3v) is 3.87. The molecule has 0 saturated heterocycles. The number of hydrogen-bond acceptors (Lipinski definition) is 5. The summed E-state index contributed by atoms with van der Waals surface area (Å²) in [6.07, 6.45) is 0.630. The lowest BCUT2D eigenvalue weighted by Gasteiger charge is -2.15. The van der Waals surface area contributed by atoms with E-state index in [1.54, 1.807) is 18.2 Å². The molecule has 2 aromatic carbocycles. The van der Waals surface area contributed by atoms with E-state index in [0.717, 1.165) is 11.1 Å². The van der Waals surface area contributed by atoms with Crippen molar-refractivity contribution in [1.82, 2.24) is 0 Å². The maximum Gasteiger partial charge on any atom is 0.341 e. The SMILES string of the molecule is COC(=O)c1cc(C)cc(-c2ccc(C=O)o2)c1OCc1ccccc1. The molecule has 1 heterocycles. The third kappa shape index (κ3) is 3.67. The largest absolute Gasteiger partial charge is 0.487 e. The summed E-state index contributed by atoms with van der Waals surface area (Å²) < 4.78 is 16.4. The zero-order valence-corrected chi connectivity index (χ0v) is 14.5. The number of methoxy groups -OCH3 is 1. The van der Waals surface area contributed by atoms with Crippen LogP contribution in [0.1, 0.15) is 32.0 Å². The Morgan fingerprint density at radius 3 is 2.54 bits per heavy atom. The first-order chi connectivity index (χ1) is 12.6. The van der Waals surface area contributed by atoms with Crippen LogP contribution in [0.3, 0.4) is 0 Å². The number of benzene rings is 2. The fourth-order valence-electron chi connectivity index (χ4n) is 2.66. The van der Waals surface area contributed by atoms with Gasteiger partial charge in [0.15, 0.2) is 12.0 Å². The Bertz CT molecular complexity index is 925. The van der Waals surface area contributed by atoms with Crippen molar-refractivity contribution in [3.8, 4) is 17.1 Å². The van der Waals surface area contributed by atoms with Crippen molar-refractivity contribution >= 4 is 12.3 Å². The molecule has 0 aliphatic carbocycles. The molecule has 0 saturated carbocycles. The predicted molar refractivity (Wildman–Crippen MR) is 96.4 cm³/mol. The maximum absolute atomic E-state index is 12.3. The molecule has 0 atom stereocenters.